The molecule has 0 N–H and O–H groups in total. The predicted molar refractivity (Wildman–Crippen MR) is 76.1 cm³/mol. The van der Waals surface area contributed by atoms with Crippen LogP contribution in [-0.4, -0.2) is 26.4 Å². The maximum absolute atomic E-state index is 9.66. The van der Waals surface area contributed by atoms with Gasteiger partial charge in [0.1, 0.15) is 0 Å². The summed E-state index contributed by atoms with van der Waals surface area (Å²) >= 11 is 3.53. The molecule has 0 radical (unpaired) electrons. The Morgan fingerprint density at radius 1 is 1.10 bits per heavy atom. The van der Waals surface area contributed by atoms with Gasteiger partial charge in [-0.05, 0) is 36.6 Å². The Labute approximate surface area is 126 Å². The fourth-order valence-corrected chi connectivity index (χ4v) is 3.27. The van der Waals surface area contributed by atoms with Crippen LogP contribution in [0.4, 0.5) is 0 Å². The number of halogens is 1. The van der Waals surface area contributed by atoms with Crippen LogP contribution in [0.15, 0.2) is 22.7 Å². The van der Waals surface area contributed by atoms with E-state index in [-0.39, 0.29) is 6.29 Å². The van der Waals surface area contributed by atoms with Gasteiger partial charge in [-0.2, -0.15) is 5.26 Å². The van der Waals surface area contributed by atoms with Crippen LogP contribution in [0.2, 0.25) is 0 Å². The summed E-state index contributed by atoms with van der Waals surface area (Å²) in [5, 5.41) is 9.66. The van der Waals surface area contributed by atoms with Gasteiger partial charge in [0.15, 0.2) is 6.29 Å². The van der Waals surface area contributed by atoms with E-state index in [2.05, 4.69) is 22.0 Å². The first-order chi connectivity index (χ1) is 9.73. The Bertz CT molecular complexity index is 528. The molecule has 1 aromatic carbocycles. The smallest absolute Gasteiger partial charge is 0.184 e. The van der Waals surface area contributed by atoms with Crippen LogP contribution >= 0.6 is 15.9 Å². The van der Waals surface area contributed by atoms with E-state index in [0.717, 1.165) is 28.4 Å². The molecule has 4 nitrogen and oxygen atoms in total. The van der Waals surface area contributed by atoms with Crippen molar-refractivity contribution in [3.8, 4) is 6.07 Å². The number of hydrogen-bond donors (Lipinski definition) is 0. The van der Waals surface area contributed by atoms with Gasteiger partial charge in [0.25, 0.3) is 0 Å². The summed E-state index contributed by atoms with van der Waals surface area (Å²) in [5.41, 5.74) is 1.52. The van der Waals surface area contributed by atoms with Gasteiger partial charge in [-0.25, -0.2) is 0 Å². The Hall–Kier alpha value is -0.930. The van der Waals surface area contributed by atoms with Gasteiger partial charge < -0.3 is 14.2 Å². The Morgan fingerprint density at radius 3 is 2.45 bits per heavy atom. The lowest BCUT2D eigenvalue weighted by atomic mass is 9.75. The molecule has 2 saturated heterocycles. The standard InChI is InChI=1S/C15H16BrNO3/c16-13-8-11(14-19-5-6-20-14)7-12(9-13)15(10-17)1-3-18-4-2-15/h7-9,14H,1-6H2. The van der Waals surface area contributed by atoms with E-state index in [4.69, 9.17) is 14.2 Å². The lowest BCUT2D eigenvalue weighted by molar-refractivity contribution is -0.0442. The van der Waals surface area contributed by atoms with E-state index < -0.39 is 5.41 Å². The topological polar surface area (TPSA) is 51.5 Å². The van der Waals surface area contributed by atoms with Crippen LogP contribution in [0, 0.1) is 11.3 Å². The second kappa shape index (κ2) is 5.82. The van der Waals surface area contributed by atoms with Crippen molar-refractivity contribution in [1.82, 2.24) is 0 Å². The summed E-state index contributed by atoms with van der Waals surface area (Å²) in [7, 11) is 0. The van der Waals surface area contributed by atoms with Crippen LogP contribution in [0.5, 0.6) is 0 Å². The highest BCUT2D eigenvalue weighted by molar-refractivity contribution is 9.10. The van der Waals surface area contributed by atoms with E-state index in [1.54, 1.807) is 0 Å². The van der Waals surface area contributed by atoms with Crippen molar-refractivity contribution in [2.75, 3.05) is 26.4 Å². The zero-order chi connectivity index (χ0) is 14.0. The number of rotatable bonds is 2. The lowest BCUT2D eigenvalue weighted by Crippen LogP contribution is -2.32. The molecule has 1 aromatic rings. The van der Waals surface area contributed by atoms with Gasteiger partial charge >= 0.3 is 0 Å². The number of nitriles is 1. The maximum Gasteiger partial charge on any atom is 0.184 e. The molecule has 0 saturated carbocycles. The fraction of sp³-hybridized carbons (Fsp3) is 0.533. The molecule has 0 aliphatic carbocycles. The third kappa shape index (κ3) is 2.61. The molecule has 3 rings (SSSR count). The monoisotopic (exact) mass is 337 g/mol. The molecule has 106 valence electrons. The molecule has 0 atom stereocenters. The first-order valence-corrected chi connectivity index (χ1v) is 7.56. The van der Waals surface area contributed by atoms with Crippen molar-refractivity contribution < 1.29 is 14.2 Å². The maximum atomic E-state index is 9.66. The third-order valence-electron chi connectivity index (χ3n) is 3.93. The lowest BCUT2D eigenvalue weighted by Gasteiger charge is -2.31. The number of ether oxygens (including phenoxy) is 3. The molecule has 2 aliphatic rings. The van der Waals surface area contributed by atoms with Crippen molar-refractivity contribution in [2.24, 2.45) is 0 Å². The SMILES string of the molecule is N#CC1(c2cc(Br)cc(C3OCCO3)c2)CCOCC1. The molecule has 2 heterocycles. The largest absolute Gasteiger partial charge is 0.381 e. The fourth-order valence-electron chi connectivity index (χ4n) is 2.76. The second-order valence-corrected chi connectivity index (χ2v) is 6.07. The minimum Gasteiger partial charge on any atom is -0.381 e. The average Bonchev–Trinajstić information content (AvgIpc) is 3.01. The summed E-state index contributed by atoms with van der Waals surface area (Å²) in [5.74, 6) is 0. The minimum atomic E-state index is -0.463. The zero-order valence-corrected chi connectivity index (χ0v) is 12.7. The summed E-state index contributed by atoms with van der Waals surface area (Å²) < 4.78 is 17.4. The van der Waals surface area contributed by atoms with Crippen molar-refractivity contribution in [1.29, 1.82) is 5.26 Å². The van der Waals surface area contributed by atoms with E-state index >= 15 is 0 Å². The highest BCUT2D eigenvalue weighted by Crippen LogP contribution is 2.38. The van der Waals surface area contributed by atoms with Crippen LogP contribution in [0.25, 0.3) is 0 Å². The Kier molecular flexibility index (Phi) is 4.08. The zero-order valence-electron chi connectivity index (χ0n) is 11.1. The summed E-state index contributed by atoms with van der Waals surface area (Å²) in [6.45, 7) is 2.49. The molecular weight excluding hydrogens is 322 g/mol. The molecule has 5 heteroatoms. The molecule has 20 heavy (non-hydrogen) atoms. The number of nitrogens with zero attached hydrogens (tertiary/aromatic N) is 1. The highest BCUT2D eigenvalue weighted by Gasteiger charge is 2.35. The molecule has 2 aliphatic heterocycles. The van der Waals surface area contributed by atoms with Crippen molar-refractivity contribution >= 4 is 15.9 Å². The molecule has 0 spiro atoms. The van der Waals surface area contributed by atoms with Crippen LogP contribution in [-0.2, 0) is 19.6 Å². The molecule has 0 amide bonds. The quantitative estimate of drug-likeness (QED) is 0.832. The minimum absolute atomic E-state index is 0.318. The van der Waals surface area contributed by atoms with E-state index in [1.165, 1.54) is 0 Å². The van der Waals surface area contributed by atoms with E-state index in [9.17, 15) is 5.26 Å². The first-order valence-electron chi connectivity index (χ1n) is 6.77. The molecule has 0 unspecified atom stereocenters. The third-order valence-corrected chi connectivity index (χ3v) is 4.38. The van der Waals surface area contributed by atoms with Gasteiger partial charge in [-0.15, -0.1) is 0 Å². The summed E-state index contributed by atoms with van der Waals surface area (Å²) in [6, 6.07) is 8.54. The number of hydrogen-bond acceptors (Lipinski definition) is 4. The molecular formula is C15H16BrNO3. The Balaban J connectivity index is 1.98. The summed E-state index contributed by atoms with van der Waals surface area (Å²) in [4.78, 5) is 0. The van der Waals surface area contributed by atoms with E-state index in [1.807, 2.05) is 18.2 Å². The van der Waals surface area contributed by atoms with Gasteiger partial charge in [0.2, 0.25) is 0 Å². The van der Waals surface area contributed by atoms with Crippen molar-refractivity contribution in [3.05, 3.63) is 33.8 Å². The molecule has 0 aromatic heterocycles. The van der Waals surface area contributed by atoms with Gasteiger partial charge in [-0.3, -0.25) is 0 Å². The van der Waals surface area contributed by atoms with Gasteiger partial charge in [-0.1, -0.05) is 15.9 Å². The second-order valence-electron chi connectivity index (χ2n) is 5.15. The predicted octanol–water partition coefficient (Wildman–Crippen LogP) is 3.07. The van der Waals surface area contributed by atoms with E-state index in [0.29, 0.717) is 26.4 Å². The van der Waals surface area contributed by atoms with Crippen LogP contribution in [0.1, 0.15) is 30.3 Å². The van der Waals surface area contributed by atoms with Gasteiger partial charge in [0.05, 0.1) is 24.7 Å². The normalized spacial score (nSPS) is 22.6. The summed E-state index contributed by atoms with van der Waals surface area (Å²) in [6.07, 6.45) is 1.14. The van der Waals surface area contributed by atoms with Crippen molar-refractivity contribution in [3.63, 3.8) is 0 Å². The van der Waals surface area contributed by atoms with Crippen LogP contribution < -0.4 is 0 Å². The van der Waals surface area contributed by atoms with Crippen molar-refractivity contribution in [2.45, 2.75) is 24.5 Å². The average molecular weight is 338 g/mol. The first kappa shape index (κ1) is 14.0. The van der Waals surface area contributed by atoms with Crippen LogP contribution in [0.3, 0.4) is 0 Å². The highest BCUT2D eigenvalue weighted by atomic mass is 79.9. The Morgan fingerprint density at radius 2 is 1.80 bits per heavy atom. The number of benzene rings is 1. The molecule has 0 bridgehead atoms. The molecule has 2 fully saturated rings. The van der Waals surface area contributed by atoms with Gasteiger partial charge in [0, 0.05) is 23.2 Å².